The van der Waals surface area contributed by atoms with Gasteiger partial charge in [0.2, 0.25) is 5.75 Å². The molecular weight excluding hydrogens is 380 g/mol. The van der Waals surface area contributed by atoms with Crippen LogP contribution in [0.15, 0.2) is 66.7 Å². The molecule has 0 bridgehead atoms. The normalized spacial score (nSPS) is 11.2. The van der Waals surface area contributed by atoms with Crippen molar-refractivity contribution in [2.75, 3.05) is 5.73 Å². The van der Waals surface area contributed by atoms with Gasteiger partial charge in [0.25, 0.3) is 0 Å². The molecule has 0 aliphatic rings. The maximum Gasteiger partial charge on any atom is 0.315 e. The van der Waals surface area contributed by atoms with E-state index < -0.39 is 4.92 Å². The van der Waals surface area contributed by atoms with E-state index in [1.54, 1.807) is 0 Å². The molecule has 0 fully saturated rings. The molecule has 0 radical (unpaired) electrons. The highest BCUT2D eigenvalue weighted by molar-refractivity contribution is 5.65. The van der Waals surface area contributed by atoms with Crippen molar-refractivity contribution in [3.05, 3.63) is 88.0 Å². The molecule has 3 aromatic carbocycles. The van der Waals surface area contributed by atoms with Crippen molar-refractivity contribution >= 4 is 11.4 Å². The zero-order valence-electron chi connectivity index (χ0n) is 17.4. The van der Waals surface area contributed by atoms with Crippen LogP contribution in [0.25, 0.3) is 0 Å². The fourth-order valence-corrected chi connectivity index (χ4v) is 2.95. The Labute approximate surface area is 176 Å². The highest BCUT2D eigenvalue weighted by atomic mass is 16.6. The summed E-state index contributed by atoms with van der Waals surface area (Å²) in [5, 5.41) is 11.6. The van der Waals surface area contributed by atoms with E-state index >= 15 is 0 Å². The number of nitrogen functional groups attached to an aromatic ring is 1. The number of nitro groups is 1. The molecule has 3 aromatic rings. The third kappa shape index (κ3) is 4.89. The van der Waals surface area contributed by atoms with Gasteiger partial charge in [0.05, 0.1) is 16.7 Å². The van der Waals surface area contributed by atoms with Gasteiger partial charge in [0, 0.05) is 6.07 Å². The molecule has 2 N–H and O–H groups in total. The number of rotatable bonds is 8. The minimum absolute atomic E-state index is 0.0483. The molecule has 0 spiro atoms. The molecule has 6 heteroatoms. The molecule has 0 unspecified atom stereocenters. The van der Waals surface area contributed by atoms with E-state index in [0.29, 0.717) is 5.75 Å². The molecule has 0 atom stereocenters. The fraction of sp³-hybridized carbons (Fsp3) is 0.250. The fourth-order valence-electron chi connectivity index (χ4n) is 2.95. The van der Waals surface area contributed by atoms with Crippen LogP contribution >= 0.6 is 0 Å². The molecule has 3 rings (SSSR count). The summed E-state index contributed by atoms with van der Waals surface area (Å²) in [7, 11) is 0. The zero-order valence-corrected chi connectivity index (χ0v) is 17.4. The van der Waals surface area contributed by atoms with Crippen molar-refractivity contribution in [2.24, 2.45) is 0 Å². The van der Waals surface area contributed by atoms with Gasteiger partial charge < -0.3 is 15.2 Å². The summed E-state index contributed by atoms with van der Waals surface area (Å²) in [5.41, 5.74) is 8.31. The second kappa shape index (κ2) is 8.86. The lowest BCUT2D eigenvalue weighted by Crippen LogP contribution is -2.14. The molecule has 156 valence electrons. The van der Waals surface area contributed by atoms with E-state index in [9.17, 15) is 10.1 Å². The van der Waals surface area contributed by atoms with Crippen molar-refractivity contribution in [3.63, 3.8) is 0 Å². The van der Waals surface area contributed by atoms with Gasteiger partial charge in [-0.2, -0.15) is 0 Å². The number of benzene rings is 3. The Bertz CT molecular complexity index is 1020. The number of nitrogens with zero attached hydrogens (tertiary/aromatic N) is 1. The van der Waals surface area contributed by atoms with E-state index in [4.69, 9.17) is 15.2 Å². The predicted octanol–water partition coefficient (Wildman–Crippen LogP) is 6.24. The van der Waals surface area contributed by atoms with Crippen LogP contribution in [0, 0.1) is 10.1 Å². The monoisotopic (exact) mass is 406 g/mol. The maximum absolute atomic E-state index is 11.6. The van der Waals surface area contributed by atoms with Crippen molar-refractivity contribution in [2.45, 2.75) is 39.2 Å². The Balaban J connectivity index is 1.82. The van der Waals surface area contributed by atoms with E-state index in [1.165, 1.54) is 17.7 Å². The molecule has 0 aliphatic carbocycles. The second-order valence-electron chi connectivity index (χ2n) is 7.75. The Morgan fingerprint density at radius 1 is 1.00 bits per heavy atom. The van der Waals surface area contributed by atoms with Gasteiger partial charge in [-0.05, 0) is 35.1 Å². The first-order chi connectivity index (χ1) is 14.3. The van der Waals surface area contributed by atoms with Crippen molar-refractivity contribution in [1.82, 2.24) is 0 Å². The average Bonchev–Trinajstić information content (AvgIpc) is 2.74. The topological polar surface area (TPSA) is 87.6 Å². The smallest absolute Gasteiger partial charge is 0.315 e. The number of nitro benzene ring substituents is 1. The highest BCUT2D eigenvalue weighted by Gasteiger charge is 2.21. The number of ether oxygens (including phenoxy) is 2. The summed E-state index contributed by atoms with van der Waals surface area (Å²) < 4.78 is 11.5. The van der Waals surface area contributed by atoms with Crippen LogP contribution in [0.3, 0.4) is 0 Å². The SMILES string of the molecule is CCC(C)(C)c1ccc(Oc2cc(N)c(OCc3ccccc3)cc2[N+](=O)[O-])cc1. The Morgan fingerprint density at radius 3 is 2.27 bits per heavy atom. The minimum atomic E-state index is -0.501. The lowest BCUT2D eigenvalue weighted by Gasteiger charge is -2.23. The first-order valence-electron chi connectivity index (χ1n) is 9.83. The highest BCUT2D eigenvalue weighted by Crippen LogP contribution is 2.39. The third-order valence-corrected chi connectivity index (χ3v) is 5.27. The summed E-state index contributed by atoms with van der Waals surface area (Å²) in [6.07, 6.45) is 1.000. The van der Waals surface area contributed by atoms with Crippen LogP contribution in [-0.2, 0) is 12.0 Å². The van der Waals surface area contributed by atoms with Crippen LogP contribution in [0.5, 0.6) is 17.2 Å². The largest absolute Gasteiger partial charge is 0.486 e. The van der Waals surface area contributed by atoms with Crippen molar-refractivity contribution in [3.8, 4) is 17.2 Å². The second-order valence-corrected chi connectivity index (χ2v) is 7.75. The molecule has 0 aromatic heterocycles. The molecule has 6 nitrogen and oxygen atoms in total. The number of anilines is 1. The van der Waals surface area contributed by atoms with Crippen LogP contribution < -0.4 is 15.2 Å². The van der Waals surface area contributed by atoms with Crippen LogP contribution in [0.2, 0.25) is 0 Å². The van der Waals surface area contributed by atoms with Crippen molar-refractivity contribution < 1.29 is 14.4 Å². The Morgan fingerprint density at radius 2 is 1.67 bits per heavy atom. The summed E-state index contributed by atoms with van der Waals surface area (Å²) in [6.45, 7) is 6.74. The Kier molecular flexibility index (Phi) is 6.26. The lowest BCUT2D eigenvalue weighted by molar-refractivity contribution is -0.385. The van der Waals surface area contributed by atoms with Gasteiger partial charge >= 0.3 is 5.69 Å². The summed E-state index contributed by atoms with van der Waals surface area (Å²) >= 11 is 0. The number of nitrogens with two attached hydrogens (primary N) is 1. The van der Waals surface area contributed by atoms with E-state index in [2.05, 4.69) is 20.8 Å². The standard InChI is InChI=1S/C24H26N2O4/c1-4-24(2,3)18-10-12-19(13-11-18)30-23-14-20(25)22(15-21(23)26(27)28)29-16-17-8-6-5-7-9-17/h5-15H,4,16,25H2,1-3H3. The van der Waals surface area contributed by atoms with Gasteiger partial charge in [-0.25, -0.2) is 0 Å². The van der Waals surface area contributed by atoms with Crippen LogP contribution in [0.1, 0.15) is 38.3 Å². The predicted molar refractivity (Wildman–Crippen MR) is 118 cm³/mol. The third-order valence-electron chi connectivity index (χ3n) is 5.27. The summed E-state index contributed by atoms with van der Waals surface area (Å²) in [5.74, 6) is 0.830. The molecule has 0 amide bonds. The van der Waals surface area contributed by atoms with Gasteiger partial charge in [-0.15, -0.1) is 0 Å². The molecular formula is C24H26N2O4. The first-order valence-corrected chi connectivity index (χ1v) is 9.83. The minimum Gasteiger partial charge on any atom is -0.486 e. The quantitative estimate of drug-likeness (QED) is 0.272. The Hall–Kier alpha value is -3.54. The molecule has 0 saturated carbocycles. The van der Waals surface area contributed by atoms with Gasteiger partial charge in [0.15, 0.2) is 0 Å². The van der Waals surface area contributed by atoms with Crippen LogP contribution in [-0.4, -0.2) is 4.92 Å². The van der Waals surface area contributed by atoms with Crippen molar-refractivity contribution in [1.29, 1.82) is 0 Å². The number of hydrogen-bond acceptors (Lipinski definition) is 5. The first kappa shape index (κ1) is 21.2. The maximum atomic E-state index is 11.6. The molecule has 0 aliphatic heterocycles. The van der Waals surface area contributed by atoms with Gasteiger partial charge in [-0.3, -0.25) is 10.1 Å². The van der Waals surface area contributed by atoms with Gasteiger partial charge in [-0.1, -0.05) is 63.2 Å². The summed E-state index contributed by atoms with van der Waals surface area (Å²) in [4.78, 5) is 11.1. The molecule has 0 saturated heterocycles. The summed E-state index contributed by atoms with van der Waals surface area (Å²) in [6, 6.07) is 19.8. The van der Waals surface area contributed by atoms with E-state index in [-0.39, 0.29) is 34.9 Å². The number of hydrogen-bond donors (Lipinski definition) is 1. The molecule has 30 heavy (non-hydrogen) atoms. The van der Waals surface area contributed by atoms with E-state index in [1.807, 2.05) is 54.6 Å². The molecule has 0 heterocycles. The van der Waals surface area contributed by atoms with Gasteiger partial charge in [0.1, 0.15) is 18.1 Å². The van der Waals surface area contributed by atoms with E-state index in [0.717, 1.165) is 12.0 Å². The zero-order chi connectivity index (χ0) is 21.7. The average molecular weight is 406 g/mol. The van der Waals surface area contributed by atoms with Crippen LogP contribution in [0.4, 0.5) is 11.4 Å². The lowest BCUT2D eigenvalue weighted by atomic mass is 9.82.